The van der Waals surface area contributed by atoms with Gasteiger partial charge in [-0.15, -0.1) is 0 Å². The number of hydrogen-bond donors (Lipinski definition) is 1. The lowest BCUT2D eigenvalue weighted by atomic mass is 10.0. The first kappa shape index (κ1) is 14.5. The molecule has 4 heteroatoms. The van der Waals surface area contributed by atoms with Crippen LogP contribution in [0.2, 0.25) is 0 Å². The van der Waals surface area contributed by atoms with Crippen molar-refractivity contribution in [3.63, 3.8) is 0 Å². The van der Waals surface area contributed by atoms with E-state index in [2.05, 4.69) is 41.2 Å². The molecule has 0 spiro atoms. The first-order valence-corrected chi connectivity index (χ1v) is 7.92. The molecule has 21 heavy (non-hydrogen) atoms. The van der Waals surface area contributed by atoms with Crippen LogP contribution in [0.1, 0.15) is 31.9 Å². The summed E-state index contributed by atoms with van der Waals surface area (Å²) in [6.45, 7) is 5.85. The topological polar surface area (TPSA) is 39.1 Å². The largest absolute Gasteiger partial charge is 0.385 e. The molecule has 0 radical (unpaired) electrons. The van der Waals surface area contributed by atoms with Gasteiger partial charge in [-0.1, -0.05) is 18.2 Å². The van der Waals surface area contributed by atoms with Gasteiger partial charge in [0, 0.05) is 38.7 Å². The number of aromatic nitrogens is 2. The van der Waals surface area contributed by atoms with E-state index in [1.165, 1.54) is 30.2 Å². The van der Waals surface area contributed by atoms with Crippen molar-refractivity contribution in [2.75, 3.05) is 20.3 Å². The molecular formula is C17H25N3O. The van der Waals surface area contributed by atoms with Gasteiger partial charge in [0.15, 0.2) is 0 Å². The van der Waals surface area contributed by atoms with Gasteiger partial charge in [-0.3, -0.25) is 4.68 Å². The molecule has 1 heterocycles. The zero-order valence-electron chi connectivity index (χ0n) is 13.1. The molecule has 114 valence electrons. The van der Waals surface area contributed by atoms with Crippen LogP contribution in [0.25, 0.3) is 10.9 Å². The van der Waals surface area contributed by atoms with E-state index < -0.39 is 0 Å². The highest BCUT2D eigenvalue weighted by molar-refractivity contribution is 5.81. The average molecular weight is 287 g/mol. The molecule has 0 saturated heterocycles. The number of hydrogen-bond acceptors (Lipinski definition) is 3. The molecule has 0 unspecified atom stereocenters. The minimum absolute atomic E-state index is 0.485. The molecule has 0 bridgehead atoms. The summed E-state index contributed by atoms with van der Waals surface area (Å²) in [7, 11) is 1.78. The number of methoxy groups -OCH3 is 1. The standard InChI is InChI=1S/C17H25N3O/c1-3-20-16-7-5-4-6-14(16)15(19-20)12-18-13-17(8-9-17)10-11-21-2/h4-7,18H,3,8-13H2,1-2H3. The van der Waals surface area contributed by atoms with Crippen molar-refractivity contribution in [3.05, 3.63) is 30.0 Å². The molecule has 0 aliphatic heterocycles. The van der Waals surface area contributed by atoms with E-state index in [0.717, 1.165) is 31.9 Å². The zero-order chi connectivity index (χ0) is 14.7. The summed E-state index contributed by atoms with van der Waals surface area (Å²) in [4.78, 5) is 0. The molecular weight excluding hydrogens is 262 g/mol. The van der Waals surface area contributed by atoms with Gasteiger partial charge in [-0.2, -0.15) is 5.10 Å². The van der Waals surface area contributed by atoms with E-state index in [4.69, 9.17) is 9.84 Å². The van der Waals surface area contributed by atoms with E-state index >= 15 is 0 Å². The maximum Gasteiger partial charge on any atom is 0.0841 e. The number of rotatable bonds is 8. The van der Waals surface area contributed by atoms with Gasteiger partial charge in [0.05, 0.1) is 11.2 Å². The van der Waals surface area contributed by atoms with E-state index in [1.807, 2.05) is 0 Å². The van der Waals surface area contributed by atoms with Gasteiger partial charge in [-0.25, -0.2) is 0 Å². The minimum Gasteiger partial charge on any atom is -0.385 e. The van der Waals surface area contributed by atoms with Crippen LogP contribution >= 0.6 is 0 Å². The molecule has 1 aromatic heterocycles. The van der Waals surface area contributed by atoms with Gasteiger partial charge in [0.2, 0.25) is 0 Å². The van der Waals surface area contributed by atoms with Crippen molar-refractivity contribution in [3.8, 4) is 0 Å². The van der Waals surface area contributed by atoms with Crippen LogP contribution in [0.5, 0.6) is 0 Å². The summed E-state index contributed by atoms with van der Waals surface area (Å²) in [6, 6.07) is 8.49. The number of nitrogens with zero attached hydrogens (tertiary/aromatic N) is 2. The fourth-order valence-corrected chi connectivity index (χ4v) is 3.02. The summed E-state index contributed by atoms with van der Waals surface area (Å²) in [5, 5.41) is 9.62. The second-order valence-corrected chi connectivity index (χ2v) is 6.13. The minimum atomic E-state index is 0.485. The smallest absolute Gasteiger partial charge is 0.0841 e. The second-order valence-electron chi connectivity index (χ2n) is 6.13. The van der Waals surface area contributed by atoms with Gasteiger partial charge in [0.25, 0.3) is 0 Å². The highest BCUT2D eigenvalue weighted by Gasteiger charge is 2.41. The monoisotopic (exact) mass is 287 g/mol. The van der Waals surface area contributed by atoms with Gasteiger partial charge in [-0.05, 0) is 37.7 Å². The Hall–Kier alpha value is -1.39. The van der Waals surface area contributed by atoms with Crippen LogP contribution in [0.4, 0.5) is 0 Å². The number of nitrogens with one attached hydrogen (secondary N) is 1. The third-order valence-corrected chi connectivity index (χ3v) is 4.62. The Morgan fingerprint density at radius 3 is 2.86 bits per heavy atom. The maximum absolute atomic E-state index is 5.21. The highest BCUT2D eigenvalue weighted by atomic mass is 16.5. The fourth-order valence-electron chi connectivity index (χ4n) is 3.02. The van der Waals surface area contributed by atoms with Gasteiger partial charge < -0.3 is 10.1 Å². The number of ether oxygens (including phenoxy) is 1. The van der Waals surface area contributed by atoms with E-state index in [0.29, 0.717) is 5.41 Å². The van der Waals surface area contributed by atoms with Crippen LogP contribution in [-0.2, 0) is 17.8 Å². The Bertz CT molecular complexity index is 601. The lowest BCUT2D eigenvalue weighted by Gasteiger charge is -2.14. The quantitative estimate of drug-likeness (QED) is 0.811. The van der Waals surface area contributed by atoms with Crippen LogP contribution in [-0.4, -0.2) is 30.0 Å². The predicted molar refractivity (Wildman–Crippen MR) is 85.3 cm³/mol. The summed E-state index contributed by atoms with van der Waals surface area (Å²) < 4.78 is 7.30. The fraction of sp³-hybridized carbons (Fsp3) is 0.588. The number of fused-ring (bicyclic) bond motifs is 1. The van der Waals surface area contributed by atoms with Crippen LogP contribution in [0.15, 0.2) is 24.3 Å². The highest BCUT2D eigenvalue weighted by Crippen LogP contribution is 2.48. The van der Waals surface area contributed by atoms with Crippen molar-refractivity contribution in [1.29, 1.82) is 0 Å². The summed E-state index contributed by atoms with van der Waals surface area (Å²) in [6.07, 6.45) is 3.82. The van der Waals surface area contributed by atoms with Crippen molar-refractivity contribution in [2.24, 2.45) is 5.41 Å². The number of benzene rings is 1. The summed E-state index contributed by atoms with van der Waals surface area (Å²) >= 11 is 0. The summed E-state index contributed by atoms with van der Waals surface area (Å²) in [5.41, 5.74) is 2.88. The molecule has 4 nitrogen and oxygen atoms in total. The average Bonchev–Trinajstić information content (AvgIpc) is 3.20. The molecule has 1 N–H and O–H groups in total. The Kier molecular flexibility index (Phi) is 4.27. The molecule has 3 rings (SSSR count). The van der Waals surface area contributed by atoms with Crippen molar-refractivity contribution in [2.45, 2.75) is 39.3 Å². The molecule has 1 aliphatic rings. The first-order valence-electron chi connectivity index (χ1n) is 7.92. The molecule has 1 saturated carbocycles. The lowest BCUT2D eigenvalue weighted by molar-refractivity contribution is 0.171. The Morgan fingerprint density at radius 1 is 1.33 bits per heavy atom. The van der Waals surface area contributed by atoms with Crippen LogP contribution in [0, 0.1) is 5.41 Å². The first-order chi connectivity index (χ1) is 10.3. The van der Waals surface area contributed by atoms with Gasteiger partial charge >= 0.3 is 0 Å². The van der Waals surface area contributed by atoms with E-state index in [-0.39, 0.29) is 0 Å². The lowest BCUT2D eigenvalue weighted by Crippen LogP contribution is -2.25. The zero-order valence-corrected chi connectivity index (χ0v) is 13.1. The second kappa shape index (κ2) is 6.16. The molecule has 0 atom stereocenters. The SMILES string of the molecule is CCn1nc(CNCC2(CCOC)CC2)c2ccccc21. The van der Waals surface area contributed by atoms with Crippen molar-refractivity contribution in [1.82, 2.24) is 15.1 Å². The molecule has 1 aliphatic carbocycles. The third-order valence-electron chi connectivity index (χ3n) is 4.62. The van der Waals surface area contributed by atoms with Crippen molar-refractivity contribution < 1.29 is 4.74 Å². The van der Waals surface area contributed by atoms with E-state index in [9.17, 15) is 0 Å². The molecule has 1 aromatic carbocycles. The number of para-hydroxylation sites is 1. The Labute approximate surface area is 126 Å². The molecule has 1 fully saturated rings. The van der Waals surface area contributed by atoms with Crippen molar-refractivity contribution >= 4 is 10.9 Å². The predicted octanol–water partition coefficient (Wildman–Crippen LogP) is 2.96. The van der Waals surface area contributed by atoms with Crippen LogP contribution in [0.3, 0.4) is 0 Å². The Balaban J connectivity index is 1.63. The van der Waals surface area contributed by atoms with E-state index in [1.54, 1.807) is 7.11 Å². The molecule has 2 aromatic rings. The van der Waals surface area contributed by atoms with Crippen LogP contribution < -0.4 is 5.32 Å². The summed E-state index contributed by atoms with van der Waals surface area (Å²) in [5.74, 6) is 0. The normalized spacial score (nSPS) is 16.5. The maximum atomic E-state index is 5.21. The molecule has 0 amide bonds. The Morgan fingerprint density at radius 2 is 2.14 bits per heavy atom. The number of aryl methyl sites for hydroxylation is 1. The van der Waals surface area contributed by atoms with Gasteiger partial charge in [0.1, 0.15) is 0 Å². The third kappa shape index (κ3) is 3.11.